The van der Waals surface area contributed by atoms with Gasteiger partial charge in [-0.2, -0.15) is 0 Å². The quantitative estimate of drug-likeness (QED) is 0.445. The summed E-state index contributed by atoms with van der Waals surface area (Å²) in [5, 5.41) is 3.57. The molecule has 2 fully saturated rings. The van der Waals surface area contributed by atoms with Crippen LogP contribution in [0.4, 0.5) is 4.39 Å². The highest BCUT2D eigenvalue weighted by Gasteiger charge is 2.41. The largest absolute Gasteiger partial charge is 0.353 e. The first-order chi connectivity index (χ1) is 10.7. The number of likely N-dealkylation sites (tertiary alicyclic amines) is 1. The van der Waals surface area contributed by atoms with Gasteiger partial charge in [-0.15, -0.1) is 24.0 Å². The Morgan fingerprint density at radius 1 is 1.39 bits per heavy atom. The smallest absolute Gasteiger partial charge is 0.194 e. The molecule has 1 aliphatic carbocycles. The Balaban J connectivity index is 0.00000192. The standard InChI is InChI=1S/C18H26FN3.HI/c1-3-20-18(22-10-6-7-13(2)12-22)21-17-11-15(17)14-8-4-5-9-16(14)19;/h4-5,8-9,13,15,17H,3,6-7,10-12H2,1-2H3,(H,20,21);1H. The lowest BCUT2D eigenvalue weighted by molar-refractivity contribution is 0.265. The zero-order chi connectivity index (χ0) is 15.5. The minimum absolute atomic E-state index is 0. The topological polar surface area (TPSA) is 27.6 Å². The van der Waals surface area contributed by atoms with E-state index < -0.39 is 0 Å². The fourth-order valence-electron chi connectivity index (χ4n) is 3.41. The molecule has 3 nitrogen and oxygen atoms in total. The number of nitrogens with zero attached hydrogens (tertiary/aromatic N) is 2. The van der Waals surface area contributed by atoms with E-state index in [-0.39, 0.29) is 35.7 Å². The summed E-state index contributed by atoms with van der Waals surface area (Å²) in [5.41, 5.74) is 0.836. The molecule has 3 unspecified atom stereocenters. The molecule has 1 saturated heterocycles. The molecule has 0 radical (unpaired) electrons. The zero-order valence-electron chi connectivity index (χ0n) is 14.0. The fraction of sp³-hybridized carbons (Fsp3) is 0.611. The van der Waals surface area contributed by atoms with E-state index in [0.717, 1.165) is 43.5 Å². The first-order valence-corrected chi connectivity index (χ1v) is 8.49. The van der Waals surface area contributed by atoms with Gasteiger partial charge >= 0.3 is 0 Å². The molecule has 1 N–H and O–H groups in total. The molecule has 5 heteroatoms. The van der Waals surface area contributed by atoms with Gasteiger partial charge in [0.05, 0.1) is 0 Å². The van der Waals surface area contributed by atoms with Gasteiger partial charge in [0.25, 0.3) is 0 Å². The van der Waals surface area contributed by atoms with E-state index in [0.29, 0.717) is 6.04 Å². The molecule has 2 aliphatic rings. The summed E-state index contributed by atoms with van der Waals surface area (Å²) in [6.07, 6.45) is 3.53. The summed E-state index contributed by atoms with van der Waals surface area (Å²) in [5.74, 6) is 1.93. The molecule has 128 valence electrons. The second kappa shape index (κ2) is 8.31. The average Bonchev–Trinajstić information content (AvgIpc) is 3.26. The summed E-state index contributed by atoms with van der Waals surface area (Å²) in [4.78, 5) is 7.02. The van der Waals surface area contributed by atoms with Gasteiger partial charge in [0.2, 0.25) is 0 Å². The maximum Gasteiger partial charge on any atom is 0.194 e. The zero-order valence-corrected chi connectivity index (χ0v) is 16.3. The Kier molecular flexibility index (Phi) is 6.68. The van der Waals surface area contributed by atoms with Crippen LogP contribution in [0.5, 0.6) is 0 Å². The molecular weight excluding hydrogens is 404 g/mol. The first kappa shape index (κ1) is 18.5. The van der Waals surface area contributed by atoms with Crippen LogP contribution in [-0.2, 0) is 0 Å². The predicted molar refractivity (Wildman–Crippen MR) is 104 cm³/mol. The van der Waals surface area contributed by atoms with E-state index >= 15 is 0 Å². The van der Waals surface area contributed by atoms with Crippen molar-refractivity contribution in [3.63, 3.8) is 0 Å². The average molecular weight is 431 g/mol. The van der Waals surface area contributed by atoms with Gasteiger partial charge in [0.1, 0.15) is 5.82 Å². The molecule has 0 amide bonds. The molecule has 0 spiro atoms. The number of nitrogens with one attached hydrogen (secondary N) is 1. The Labute approximate surface area is 155 Å². The summed E-state index contributed by atoms with van der Waals surface area (Å²) >= 11 is 0. The van der Waals surface area contributed by atoms with Crippen molar-refractivity contribution in [1.29, 1.82) is 0 Å². The summed E-state index contributed by atoms with van der Waals surface area (Å²) in [6.45, 7) is 7.30. The lowest BCUT2D eigenvalue weighted by atomic mass is 10.0. The van der Waals surface area contributed by atoms with Crippen molar-refractivity contribution >= 4 is 29.9 Å². The van der Waals surface area contributed by atoms with Crippen LogP contribution in [0, 0.1) is 11.7 Å². The lowest BCUT2D eigenvalue weighted by Crippen LogP contribution is -2.47. The summed E-state index contributed by atoms with van der Waals surface area (Å²) < 4.78 is 13.9. The van der Waals surface area contributed by atoms with Gasteiger partial charge in [-0.3, -0.25) is 4.99 Å². The third kappa shape index (κ3) is 4.58. The van der Waals surface area contributed by atoms with Crippen molar-refractivity contribution in [1.82, 2.24) is 10.2 Å². The van der Waals surface area contributed by atoms with Crippen LogP contribution >= 0.6 is 24.0 Å². The van der Waals surface area contributed by atoms with Crippen LogP contribution in [0.2, 0.25) is 0 Å². The van der Waals surface area contributed by atoms with Gasteiger partial charge in [0.15, 0.2) is 5.96 Å². The van der Waals surface area contributed by atoms with E-state index in [1.807, 2.05) is 12.1 Å². The third-order valence-electron chi connectivity index (χ3n) is 4.67. The number of piperidine rings is 1. The second-order valence-corrected chi connectivity index (χ2v) is 6.61. The number of guanidine groups is 1. The van der Waals surface area contributed by atoms with E-state index in [1.54, 1.807) is 12.1 Å². The van der Waals surface area contributed by atoms with Crippen LogP contribution in [0.25, 0.3) is 0 Å². The van der Waals surface area contributed by atoms with Crippen LogP contribution in [0.3, 0.4) is 0 Å². The highest BCUT2D eigenvalue weighted by atomic mass is 127. The molecule has 1 aromatic rings. The van der Waals surface area contributed by atoms with Gasteiger partial charge in [-0.05, 0) is 43.7 Å². The molecule has 0 bridgehead atoms. The Morgan fingerprint density at radius 3 is 2.87 bits per heavy atom. The minimum atomic E-state index is -0.0858. The molecule has 1 saturated carbocycles. The maximum absolute atomic E-state index is 13.9. The Bertz CT molecular complexity index is 549. The number of rotatable bonds is 3. The number of hydrogen-bond acceptors (Lipinski definition) is 1. The normalized spacial score (nSPS) is 27.3. The van der Waals surface area contributed by atoms with E-state index in [9.17, 15) is 4.39 Å². The van der Waals surface area contributed by atoms with Crippen molar-refractivity contribution in [3.05, 3.63) is 35.6 Å². The van der Waals surface area contributed by atoms with Gasteiger partial charge < -0.3 is 10.2 Å². The van der Waals surface area contributed by atoms with Crippen molar-refractivity contribution in [3.8, 4) is 0 Å². The van der Waals surface area contributed by atoms with Crippen molar-refractivity contribution in [2.75, 3.05) is 19.6 Å². The van der Waals surface area contributed by atoms with Gasteiger partial charge in [-0.1, -0.05) is 25.1 Å². The fourth-order valence-corrected chi connectivity index (χ4v) is 3.41. The summed E-state index contributed by atoms with van der Waals surface area (Å²) in [6, 6.07) is 7.45. The van der Waals surface area contributed by atoms with Gasteiger partial charge in [-0.25, -0.2) is 4.39 Å². The monoisotopic (exact) mass is 431 g/mol. The van der Waals surface area contributed by atoms with E-state index in [4.69, 9.17) is 0 Å². The molecule has 0 aromatic heterocycles. The third-order valence-corrected chi connectivity index (χ3v) is 4.67. The molecule has 3 rings (SSSR count). The Hall–Kier alpha value is -0.850. The van der Waals surface area contributed by atoms with Crippen molar-refractivity contribution in [2.24, 2.45) is 10.9 Å². The first-order valence-electron chi connectivity index (χ1n) is 8.49. The van der Waals surface area contributed by atoms with Crippen LogP contribution in [0.1, 0.15) is 44.6 Å². The number of aliphatic imine (C=N–C) groups is 1. The Morgan fingerprint density at radius 2 is 2.17 bits per heavy atom. The van der Waals surface area contributed by atoms with Crippen LogP contribution in [0.15, 0.2) is 29.3 Å². The number of halogens is 2. The summed E-state index contributed by atoms with van der Waals surface area (Å²) in [7, 11) is 0. The number of hydrogen-bond donors (Lipinski definition) is 1. The molecule has 3 atom stereocenters. The van der Waals surface area contributed by atoms with E-state index in [2.05, 4.69) is 29.1 Å². The highest BCUT2D eigenvalue weighted by Crippen LogP contribution is 2.42. The minimum Gasteiger partial charge on any atom is -0.353 e. The SMILES string of the molecule is CCN=C(NC1CC1c1ccccc1F)N1CCCC(C)C1.I. The number of benzene rings is 1. The van der Waals surface area contributed by atoms with Crippen LogP contribution < -0.4 is 5.32 Å². The maximum atomic E-state index is 13.9. The van der Waals surface area contributed by atoms with Crippen molar-refractivity contribution < 1.29 is 4.39 Å². The molecule has 1 heterocycles. The molecular formula is C18H27FIN3. The van der Waals surface area contributed by atoms with Crippen molar-refractivity contribution in [2.45, 2.75) is 45.1 Å². The predicted octanol–water partition coefficient (Wildman–Crippen LogP) is 4.00. The molecule has 1 aliphatic heterocycles. The van der Waals surface area contributed by atoms with Crippen LogP contribution in [-0.4, -0.2) is 36.5 Å². The molecule has 1 aromatic carbocycles. The van der Waals surface area contributed by atoms with E-state index in [1.165, 1.54) is 12.8 Å². The lowest BCUT2D eigenvalue weighted by Gasteiger charge is -2.33. The highest BCUT2D eigenvalue weighted by molar-refractivity contribution is 14.0. The molecule has 23 heavy (non-hydrogen) atoms. The second-order valence-electron chi connectivity index (χ2n) is 6.61. The van der Waals surface area contributed by atoms with Gasteiger partial charge in [0, 0.05) is 31.6 Å².